The molecule has 0 radical (unpaired) electrons. The van der Waals surface area contributed by atoms with Gasteiger partial charge >= 0.3 is 12.1 Å². The molecular formula is C23H29Br2NO5. The summed E-state index contributed by atoms with van der Waals surface area (Å²) in [6, 6.07) is 5.50. The number of esters is 1. The van der Waals surface area contributed by atoms with E-state index < -0.39 is 18.2 Å². The summed E-state index contributed by atoms with van der Waals surface area (Å²) in [6.45, 7) is 6.55. The number of halogens is 2. The third-order valence-electron chi connectivity index (χ3n) is 6.21. The van der Waals surface area contributed by atoms with Crippen LogP contribution in [-0.4, -0.2) is 37.0 Å². The molecule has 1 saturated carbocycles. The minimum absolute atomic E-state index is 0.143. The van der Waals surface area contributed by atoms with E-state index in [0.717, 1.165) is 23.7 Å². The average molecular weight is 559 g/mol. The van der Waals surface area contributed by atoms with Gasteiger partial charge in [-0.3, -0.25) is 0 Å². The Labute approximate surface area is 199 Å². The molecule has 3 rings (SSSR count). The van der Waals surface area contributed by atoms with Gasteiger partial charge in [0.25, 0.3) is 0 Å². The summed E-state index contributed by atoms with van der Waals surface area (Å²) in [5.74, 6) is 0.823. The molecule has 0 bridgehead atoms. The Hall–Kier alpha value is -1.38. The van der Waals surface area contributed by atoms with Gasteiger partial charge in [-0.2, -0.15) is 0 Å². The smallest absolute Gasteiger partial charge is 0.419 e. The van der Waals surface area contributed by atoms with Crippen LogP contribution in [0.4, 0.5) is 4.79 Å². The Morgan fingerprint density at radius 2 is 1.87 bits per heavy atom. The van der Waals surface area contributed by atoms with Crippen LogP contribution in [-0.2, 0) is 19.0 Å². The van der Waals surface area contributed by atoms with Crippen molar-refractivity contribution in [2.45, 2.75) is 52.2 Å². The Balaban J connectivity index is 2.01. The van der Waals surface area contributed by atoms with Gasteiger partial charge in [0.1, 0.15) is 10.7 Å². The highest BCUT2D eigenvalue weighted by Gasteiger charge is 2.37. The van der Waals surface area contributed by atoms with E-state index >= 15 is 0 Å². The minimum Gasteiger partial charge on any atom is -0.460 e. The fraction of sp³-hybridized carbons (Fsp3) is 0.565. The molecule has 31 heavy (non-hydrogen) atoms. The molecule has 0 saturated heterocycles. The summed E-state index contributed by atoms with van der Waals surface area (Å²) in [6.07, 6.45) is 1.37. The van der Waals surface area contributed by atoms with Crippen LogP contribution >= 0.6 is 31.9 Å². The highest BCUT2D eigenvalue weighted by atomic mass is 79.9. The third kappa shape index (κ3) is 4.86. The number of carbonyl (C=O) groups is 2. The Kier molecular flexibility index (Phi) is 7.86. The molecule has 6 nitrogen and oxygen atoms in total. The van der Waals surface area contributed by atoms with Crippen LogP contribution in [0, 0.1) is 17.8 Å². The first-order chi connectivity index (χ1) is 14.7. The fourth-order valence-corrected chi connectivity index (χ4v) is 5.67. The van der Waals surface area contributed by atoms with Gasteiger partial charge in [0.05, 0.1) is 12.6 Å². The lowest BCUT2D eigenvalue weighted by molar-refractivity contribution is -0.168. The molecule has 0 unspecified atom stereocenters. The second-order valence-electron chi connectivity index (χ2n) is 8.59. The van der Waals surface area contributed by atoms with Crippen LogP contribution < -0.4 is 0 Å². The molecule has 170 valence electrons. The van der Waals surface area contributed by atoms with Gasteiger partial charge in [0.15, 0.2) is 6.10 Å². The minimum atomic E-state index is -0.978. The van der Waals surface area contributed by atoms with E-state index in [0.29, 0.717) is 38.8 Å². The molecule has 0 amide bonds. The lowest BCUT2D eigenvalue weighted by atomic mass is 9.75. The number of carbonyl (C=O) groups excluding carboxylic acids is 2. The van der Waals surface area contributed by atoms with E-state index in [1.165, 1.54) is 18.8 Å². The fourth-order valence-electron chi connectivity index (χ4n) is 4.57. The monoisotopic (exact) mass is 557 g/mol. The van der Waals surface area contributed by atoms with E-state index in [-0.39, 0.29) is 6.10 Å². The summed E-state index contributed by atoms with van der Waals surface area (Å²) >= 11 is 6.94. The number of nitrogens with zero attached hydrogens (tertiary/aromatic N) is 1. The van der Waals surface area contributed by atoms with Crippen molar-refractivity contribution in [1.82, 2.24) is 4.57 Å². The Bertz CT molecular complexity index is 971. The Morgan fingerprint density at radius 3 is 2.48 bits per heavy atom. The maximum Gasteiger partial charge on any atom is 0.419 e. The quantitative estimate of drug-likeness (QED) is 0.393. The highest BCUT2D eigenvalue weighted by molar-refractivity contribution is 9.10. The Morgan fingerprint density at radius 1 is 1.16 bits per heavy atom. The van der Waals surface area contributed by atoms with Crippen molar-refractivity contribution in [3.8, 4) is 0 Å². The van der Waals surface area contributed by atoms with Crippen LogP contribution in [0.1, 0.15) is 51.7 Å². The van der Waals surface area contributed by atoms with Crippen molar-refractivity contribution < 1.29 is 23.8 Å². The van der Waals surface area contributed by atoms with Crippen molar-refractivity contribution >= 4 is 54.8 Å². The molecule has 0 N–H and O–H groups in total. The van der Waals surface area contributed by atoms with Crippen molar-refractivity contribution in [3.63, 3.8) is 0 Å². The number of benzene rings is 1. The number of ether oxygens (including phenoxy) is 3. The largest absolute Gasteiger partial charge is 0.460 e. The molecule has 1 aliphatic carbocycles. The maximum atomic E-state index is 13.3. The SMILES string of the molecule is COC(=O)n1c(Br)c([C@H](OC)C(=O)O[C@@H]2C[C@H](C)CC[C@H]2C(C)C)c2ccc(Br)cc21. The van der Waals surface area contributed by atoms with Crippen molar-refractivity contribution in [1.29, 1.82) is 0 Å². The van der Waals surface area contributed by atoms with Crippen LogP contribution in [0.15, 0.2) is 27.3 Å². The zero-order valence-corrected chi connectivity index (χ0v) is 21.7. The van der Waals surface area contributed by atoms with Crippen LogP contribution in [0.2, 0.25) is 0 Å². The highest BCUT2D eigenvalue weighted by Crippen LogP contribution is 2.40. The number of methoxy groups -OCH3 is 2. The van der Waals surface area contributed by atoms with Gasteiger partial charge in [-0.05, 0) is 58.7 Å². The standard InChI is InChI=1S/C23H29Br2NO5/c1-12(2)15-8-6-13(3)10-18(15)31-22(27)20(29-4)19-16-9-7-14(24)11-17(16)26(21(19)25)23(28)30-5/h7,9,11-13,15,18,20H,6,8,10H2,1-5H3/t13-,15+,18-,20+/m1/s1. The van der Waals surface area contributed by atoms with E-state index in [2.05, 4.69) is 52.6 Å². The number of hydrogen-bond donors (Lipinski definition) is 0. The van der Waals surface area contributed by atoms with Crippen LogP contribution in [0.5, 0.6) is 0 Å². The summed E-state index contributed by atoms with van der Waals surface area (Å²) in [5.41, 5.74) is 1.15. The topological polar surface area (TPSA) is 66.8 Å². The number of aromatic nitrogens is 1. The molecular weight excluding hydrogens is 530 g/mol. The normalized spacial score (nSPS) is 22.5. The first-order valence-corrected chi connectivity index (χ1v) is 12.1. The molecule has 1 aromatic heterocycles. The van der Waals surface area contributed by atoms with E-state index in [1.54, 1.807) is 6.07 Å². The van der Waals surface area contributed by atoms with E-state index in [9.17, 15) is 9.59 Å². The van der Waals surface area contributed by atoms with Gasteiger partial charge in [-0.1, -0.05) is 49.2 Å². The molecule has 2 aromatic rings. The lowest BCUT2D eigenvalue weighted by Gasteiger charge is -2.37. The first kappa shape index (κ1) is 24.3. The number of fused-ring (bicyclic) bond motifs is 1. The van der Waals surface area contributed by atoms with E-state index in [4.69, 9.17) is 14.2 Å². The summed E-state index contributed by atoms with van der Waals surface area (Å²) in [5, 5.41) is 0.710. The lowest BCUT2D eigenvalue weighted by Crippen LogP contribution is -2.37. The van der Waals surface area contributed by atoms with Gasteiger partial charge in [-0.15, -0.1) is 0 Å². The first-order valence-electron chi connectivity index (χ1n) is 10.5. The number of rotatable bonds is 5. The zero-order valence-electron chi connectivity index (χ0n) is 18.5. The van der Waals surface area contributed by atoms with Crippen molar-refractivity contribution in [2.75, 3.05) is 14.2 Å². The van der Waals surface area contributed by atoms with Crippen molar-refractivity contribution in [3.05, 3.63) is 32.8 Å². The molecule has 4 atom stereocenters. The molecule has 0 aliphatic heterocycles. The molecule has 1 fully saturated rings. The molecule has 0 spiro atoms. The van der Waals surface area contributed by atoms with E-state index in [1.807, 2.05) is 12.1 Å². The molecule has 1 heterocycles. The molecule has 1 aliphatic rings. The van der Waals surface area contributed by atoms with Crippen molar-refractivity contribution in [2.24, 2.45) is 17.8 Å². The molecule has 1 aromatic carbocycles. The van der Waals surface area contributed by atoms with Gasteiger partial charge in [0, 0.05) is 22.5 Å². The second kappa shape index (κ2) is 10.0. The summed E-state index contributed by atoms with van der Waals surface area (Å²) in [4.78, 5) is 25.8. The summed E-state index contributed by atoms with van der Waals surface area (Å²) in [7, 11) is 2.79. The predicted octanol–water partition coefficient (Wildman–Crippen LogP) is 6.47. The van der Waals surface area contributed by atoms with Crippen LogP contribution in [0.25, 0.3) is 10.9 Å². The summed E-state index contributed by atoms with van der Waals surface area (Å²) < 4.78 is 19.2. The maximum absolute atomic E-state index is 13.3. The molecule has 8 heteroatoms. The third-order valence-corrected chi connectivity index (χ3v) is 7.48. The second-order valence-corrected chi connectivity index (χ2v) is 10.3. The number of hydrogen-bond acceptors (Lipinski definition) is 5. The average Bonchev–Trinajstić information content (AvgIpc) is 2.99. The van der Waals surface area contributed by atoms with Crippen LogP contribution in [0.3, 0.4) is 0 Å². The zero-order chi connectivity index (χ0) is 22.9. The van der Waals surface area contributed by atoms with Gasteiger partial charge < -0.3 is 14.2 Å². The van der Waals surface area contributed by atoms with Gasteiger partial charge in [0.2, 0.25) is 0 Å². The van der Waals surface area contributed by atoms with Gasteiger partial charge in [-0.25, -0.2) is 14.2 Å². The predicted molar refractivity (Wildman–Crippen MR) is 126 cm³/mol.